The van der Waals surface area contributed by atoms with Crippen molar-refractivity contribution in [3.05, 3.63) is 0 Å². The molecule has 0 saturated heterocycles. The van der Waals surface area contributed by atoms with Crippen molar-refractivity contribution >= 4 is 20.2 Å². The molecule has 0 radical (unpaired) electrons. The fourth-order valence-electron chi connectivity index (χ4n) is 2.02. The quantitative estimate of drug-likeness (QED) is 0.234. The second-order valence-electron chi connectivity index (χ2n) is 6.78. The predicted octanol–water partition coefficient (Wildman–Crippen LogP) is 3.47. The SMILES string of the molecule is O=S([O-])(=S)OCCC(F)(F)C(F)(F)C(F)(F)C(F)(F)C(F)(F)C(F)(F)C(F)(F)C(F)(F)C(F)(F)C(F)(F)F.[Na+]. The molecule has 0 amide bonds. The molecule has 0 aromatic heterocycles. The third-order valence-electron chi connectivity index (χ3n) is 4.22. The molecule has 0 N–H and O–H groups in total. The van der Waals surface area contributed by atoms with Crippen LogP contribution >= 0.6 is 0 Å². The van der Waals surface area contributed by atoms with Crippen molar-refractivity contribution in [2.45, 2.75) is 65.9 Å². The molecule has 0 aliphatic heterocycles. The summed E-state index contributed by atoms with van der Waals surface area (Å²) in [5, 5.41) is 0. The van der Waals surface area contributed by atoms with Crippen LogP contribution in [0.15, 0.2) is 0 Å². The molecule has 0 spiro atoms. The molecule has 0 aliphatic carbocycles. The van der Waals surface area contributed by atoms with E-state index in [1.54, 1.807) is 0 Å². The zero-order chi connectivity index (χ0) is 31.6. The van der Waals surface area contributed by atoms with Crippen LogP contribution in [-0.4, -0.2) is 74.8 Å². The van der Waals surface area contributed by atoms with E-state index in [-0.39, 0.29) is 29.6 Å². The van der Waals surface area contributed by atoms with Crippen LogP contribution in [0.25, 0.3) is 0 Å². The number of halogens is 21. The van der Waals surface area contributed by atoms with E-state index in [9.17, 15) is 101 Å². The Bertz CT molecular complexity index is 973. The topological polar surface area (TPSA) is 49.4 Å². The third kappa shape index (κ3) is 6.15. The van der Waals surface area contributed by atoms with Crippen molar-refractivity contribution in [1.29, 1.82) is 0 Å². The third-order valence-corrected chi connectivity index (χ3v) is 4.96. The Morgan fingerprint density at radius 2 is 0.744 bits per heavy atom. The van der Waals surface area contributed by atoms with E-state index in [0.29, 0.717) is 0 Å². The van der Waals surface area contributed by atoms with Gasteiger partial charge in [-0.3, -0.25) is 4.18 Å². The molecule has 0 aromatic carbocycles. The Morgan fingerprint density at radius 3 is 0.974 bits per heavy atom. The summed E-state index contributed by atoms with van der Waals surface area (Å²) in [4.78, 5) is 0. The number of rotatable bonds is 12. The van der Waals surface area contributed by atoms with Crippen molar-refractivity contribution < 1.29 is 135 Å². The van der Waals surface area contributed by atoms with Gasteiger partial charge >= 0.3 is 89.0 Å². The molecule has 0 aromatic rings. The van der Waals surface area contributed by atoms with Gasteiger partial charge in [0, 0.05) is 6.42 Å². The molecule has 3 nitrogen and oxygen atoms in total. The van der Waals surface area contributed by atoms with Gasteiger partial charge in [0.25, 0.3) is 0 Å². The van der Waals surface area contributed by atoms with E-state index in [1.807, 2.05) is 0 Å². The molecule has 0 bridgehead atoms. The molecule has 0 heterocycles. The van der Waals surface area contributed by atoms with Crippen LogP contribution in [0.3, 0.4) is 0 Å². The summed E-state index contributed by atoms with van der Waals surface area (Å²) in [5.41, 5.74) is 0. The first kappa shape index (κ1) is 41.0. The Kier molecular flexibility index (Phi) is 11.4. The summed E-state index contributed by atoms with van der Waals surface area (Å²) in [6.45, 7) is -2.44. The van der Waals surface area contributed by atoms with Gasteiger partial charge in [0.15, 0.2) is 0 Å². The van der Waals surface area contributed by atoms with Crippen molar-refractivity contribution in [2.24, 2.45) is 0 Å². The largest absolute Gasteiger partial charge is 1.00 e. The average Bonchev–Trinajstić information content (AvgIpc) is 2.64. The minimum Gasteiger partial charge on any atom is -0.748 e. The van der Waals surface area contributed by atoms with Gasteiger partial charge in [-0.1, -0.05) is 0 Å². The van der Waals surface area contributed by atoms with Gasteiger partial charge in [0.2, 0.25) is 0 Å². The summed E-state index contributed by atoms with van der Waals surface area (Å²) in [6, 6.07) is 0. The minimum absolute atomic E-state index is 0. The Hall–Kier alpha value is -0.180. The molecule has 39 heavy (non-hydrogen) atoms. The molecular formula is C12H4F21NaO3S2. The maximum Gasteiger partial charge on any atom is 1.00 e. The summed E-state index contributed by atoms with van der Waals surface area (Å²) in [6.07, 6.45) is -11.3. The Balaban J connectivity index is 0. The fraction of sp³-hybridized carbons (Fsp3) is 1.00. The van der Waals surface area contributed by atoms with Crippen molar-refractivity contribution in [3.8, 4) is 0 Å². The van der Waals surface area contributed by atoms with Crippen molar-refractivity contribution in [3.63, 3.8) is 0 Å². The van der Waals surface area contributed by atoms with Gasteiger partial charge in [0.05, 0.1) is 15.7 Å². The first-order valence-corrected chi connectivity index (χ1v) is 10.4. The average molecular weight is 682 g/mol. The maximum atomic E-state index is 13.5. The van der Waals surface area contributed by atoms with Crippen LogP contribution in [0, 0.1) is 0 Å². The molecule has 0 fully saturated rings. The zero-order valence-electron chi connectivity index (χ0n) is 17.4. The number of hydrogen-bond acceptors (Lipinski definition) is 4. The molecule has 1 unspecified atom stereocenters. The van der Waals surface area contributed by atoms with Gasteiger partial charge < -0.3 is 4.55 Å². The first-order valence-electron chi connectivity index (χ1n) is 8.03. The minimum atomic E-state index is -9.25. The predicted molar refractivity (Wildman–Crippen MR) is 77.4 cm³/mol. The molecule has 230 valence electrons. The molecule has 27 heteroatoms. The number of alkyl halides is 21. The fourth-order valence-corrected chi connectivity index (χ4v) is 2.51. The summed E-state index contributed by atoms with van der Waals surface area (Å²) >= 11 is 3.31. The van der Waals surface area contributed by atoms with Crippen LogP contribution in [0.1, 0.15) is 6.42 Å². The smallest absolute Gasteiger partial charge is 0.748 e. The van der Waals surface area contributed by atoms with Gasteiger partial charge in [-0.2, -0.15) is 92.2 Å². The van der Waals surface area contributed by atoms with Crippen LogP contribution < -0.4 is 29.6 Å². The van der Waals surface area contributed by atoms with Gasteiger partial charge in [-0.15, -0.1) is 0 Å². The van der Waals surface area contributed by atoms with Crippen LogP contribution in [0.2, 0.25) is 0 Å². The van der Waals surface area contributed by atoms with Crippen molar-refractivity contribution in [1.82, 2.24) is 0 Å². The van der Waals surface area contributed by atoms with Crippen molar-refractivity contribution in [2.75, 3.05) is 6.61 Å². The second kappa shape index (κ2) is 10.8. The first-order chi connectivity index (χ1) is 16.0. The molecule has 1 atom stereocenters. The molecule has 0 aliphatic rings. The number of hydrogen-bond donors (Lipinski definition) is 0. The summed E-state index contributed by atoms with van der Waals surface area (Å²) in [7, 11) is -5.30. The van der Waals surface area contributed by atoms with Crippen LogP contribution in [0.4, 0.5) is 92.2 Å². The van der Waals surface area contributed by atoms with E-state index in [2.05, 4.69) is 15.4 Å². The molecular weight excluding hydrogens is 678 g/mol. The van der Waals surface area contributed by atoms with Crippen LogP contribution in [-0.2, 0) is 24.4 Å². The van der Waals surface area contributed by atoms with Gasteiger partial charge in [-0.25, -0.2) is 4.21 Å². The van der Waals surface area contributed by atoms with E-state index in [0.717, 1.165) is 0 Å². The Morgan fingerprint density at radius 1 is 0.513 bits per heavy atom. The molecule has 0 saturated carbocycles. The normalized spacial score (nSPS) is 17.5. The van der Waals surface area contributed by atoms with Gasteiger partial charge in [-0.05, 0) is 11.2 Å². The second-order valence-corrected chi connectivity index (χ2v) is 9.05. The summed E-state index contributed by atoms with van der Waals surface area (Å²) in [5.74, 6) is -78.0. The summed E-state index contributed by atoms with van der Waals surface area (Å²) < 4.78 is 299. The molecule has 0 rings (SSSR count). The van der Waals surface area contributed by atoms with E-state index in [1.165, 1.54) is 0 Å². The zero-order valence-corrected chi connectivity index (χ0v) is 21.0. The monoisotopic (exact) mass is 682 g/mol. The van der Waals surface area contributed by atoms with Gasteiger partial charge in [0.1, 0.15) is 0 Å². The standard InChI is InChI=1S/C12H5F21O3S2.Na/c13-3(14,1-2-36-38(34,35)37)4(15,16)5(17,18)6(19,20)7(21,22)8(23,24)9(25,26)10(27,28)11(29,30)12(31,32)33;/h1-2H2,(H,34,35,37);/q;+1/p-1. The Labute approximate surface area is 227 Å². The van der Waals surface area contributed by atoms with E-state index < -0.39 is 81.6 Å². The van der Waals surface area contributed by atoms with E-state index >= 15 is 0 Å². The van der Waals surface area contributed by atoms with Crippen LogP contribution in [0.5, 0.6) is 0 Å². The maximum absolute atomic E-state index is 13.5. The van der Waals surface area contributed by atoms with E-state index in [4.69, 9.17) is 0 Å².